The molecule has 4 heteroatoms. The van der Waals surface area contributed by atoms with E-state index in [-0.39, 0.29) is 5.91 Å². The molecule has 0 radical (unpaired) electrons. The quantitative estimate of drug-likeness (QED) is 0.873. The summed E-state index contributed by atoms with van der Waals surface area (Å²) in [6.07, 6.45) is 1.08. The number of anilines is 1. The molecular formula is C17H18BrNO2. The Morgan fingerprint density at radius 1 is 1.24 bits per heavy atom. The molecule has 0 bridgehead atoms. The molecule has 0 saturated heterocycles. The van der Waals surface area contributed by atoms with E-state index in [1.807, 2.05) is 49.4 Å². The van der Waals surface area contributed by atoms with Gasteiger partial charge in [-0.2, -0.15) is 0 Å². The lowest BCUT2D eigenvalue weighted by molar-refractivity contribution is -0.116. The number of aryl methyl sites for hydroxylation is 2. The zero-order valence-corrected chi connectivity index (χ0v) is 13.7. The van der Waals surface area contributed by atoms with Gasteiger partial charge in [-0.1, -0.05) is 34.1 Å². The number of nitrogens with one attached hydrogen (secondary N) is 1. The maximum absolute atomic E-state index is 12.1. The smallest absolute Gasteiger partial charge is 0.224 e. The summed E-state index contributed by atoms with van der Waals surface area (Å²) >= 11 is 3.41. The molecule has 0 aromatic heterocycles. The average molecular weight is 348 g/mol. The average Bonchev–Trinajstić information content (AvgIpc) is 2.48. The van der Waals surface area contributed by atoms with Crippen LogP contribution in [0.4, 0.5) is 5.69 Å². The first-order valence-corrected chi connectivity index (χ1v) is 7.57. The van der Waals surface area contributed by atoms with E-state index < -0.39 is 0 Å². The van der Waals surface area contributed by atoms with Gasteiger partial charge in [0.15, 0.2) is 0 Å². The Hall–Kier alpha value is -1.81. The van der Waals surface area contributed by atoms with Gasteiger partial charge >= 0.3 is 0 Å². The number of carbonyl (C=O) groups excluding carboxylic acids is 1. The molecule has 0 aliphatic rings. The van der Waals surface area contributed by atoms with Gasteiger partial charge in [-0.05, 0) is 48.7 Å². The molecule has 110 valence electrons. The molecule has 0 unspecified atom stereocenters. The van der Waals surface area contributed by atoms with E-state index in [0.29, 0.717) is 12.8 Å². The molecule has 0 fully saturated rings. The number of para-hydroxylation sites is 1. The molecule has 21 heavy (non-hydrogen) atoms. The first-order chi connectivity index (χ1) is 10.1. The second-order valence-electron chi connectivity index (χ2n) is 4.82. The van der Waals surface area contributed by atoms with Crippen molar-refractivity contribution in [2.75, 3.05) is 12.4 Å². The number of rotatable bonds is 5. The van der Waals surface area contributed by atoms with E-state index >= 15 is 0 Å². The maximum atomic E-state index is 12.1. The molecule has 0 atom stereocenters. The molecule has 2 rings (SSSR count). The van der Waals surface area contributed by atoms with Crippen LogP contribution in [0, 0.1) is 6.92 Å². The number of amides is 1. The number of methoxy groups -OCH3 is 1. The molecule has 0 aliphatic carbocycles. The fraction of sp³-hybridized carbons (Fsp3) is 0.235. The van der Waals surface area contributed by atoms with Gasteiger partial charge in [0.2, 0.25) is 5.91 Å². The Morgan fingerprint density at radius 2 is 2.00 bits per heavy atom. The van der Waals surface area contributed by atoms with E-state index in [1.54, 1.807) is 7.11 Å². The van der Waals surface area contributed by atoms with Crippen molar-refractivity contribution in [1.82, 2.24) is 0 Å². The predicted octanol–water partition coefficient (Wildman–Crippen LogP) is 4.34. The molecule has 1 amide bonds. The molecule has 3 nitrogen and oxygen atoms in total. The van der Waals surface area contributed by atoms with E-state index in [9.17, 15) is 4.79 Å². The highest BCUT2D eigenvalue weighted by Crippen LogP contribution is 2.21. The highest BCUT2D eigenvalue weighted by molar-refractivity contribution is 9.10. The minimum atomic E-state index is 0.00586. The van der Waals surface area contributed by atoms with Gasteiger partial charge in [0.1, 0.15) is 5.75 Å². The molecule has 0 heterocycles. The lowest BCUT2D eigenvalue weighted by atomic mass is 10.1. The van der Waals surface area contributed by atoms with E-state index in [4.69, 9.17) is 4.74 Å². The number of ether oxygens (including phenoxy) is 1. The van der Waals surface area contributed by atoms with Crippen LogP contribution in [0.2, 0.25) is 0 Å². The monoisotopic (exact) mass is 347 g/mol. The fourth-order valence-corrected chi connectivity index (χ4v) is 2.61. The number of halogens is 1. The lowest BCUT2D eigenvalue weighted by Crippen LogP contribution is -2.13. The lowest BCUT2D eigenvalue weighted by Gasteiger charge is -2.10. The van der Waals surface area contributed by atoms with E-state index in [0.717, 1.165) is 27.0 Å². The zero-order chi connectivity index (χ0) is 15.2. The van der Waals surface area contributed by atoms with Crippen LogP contribution in [0.1, 0.15) is 17.5 Å². The van der Waals surface area contributed by atoms with Gasteiger partial charge < -0.3 is 10.1 Å². The molecule has 0 spiro atoms. The minimum absolute atomic E-state index is 0.00586. The highest BCUT2D eigenvalue weighted by Gasteiger charge is 2.08. The normalized spacial score (nSPS) is 10.2. The summed E-state index contributed by atoms with van der Waals surface area (Å²) in [6, 6.07) is 13.6. The second-order valence-corrected chi connectivity index (χ2v) is 5.73. The van der Waals surface area contributed by atoms with Crippen LogP contribution in [-0.2, 0) is 11.2 Å². The number of carbonyl (C=O) groups is 1. The standard InChI is InChI=1S/C17H18BrNO2/c1-12-11-14(18)8-9-15(12)19-17(20)10-7-13-5-3-4-6-16(13)21-2/h3-6,8-9,11H,7,10H2,1-2H3,(H,19,20). The summed E-state index contributed by atoms with van der Waals surface area (Å²) in [6.45, 7) is 1.97. The van der Waals surface area contributed by atoms with Crippen LogP contribution >= 0.6 is 15.9 Å². The first kappa shape index (κ1) is 15.6. The summed E-state index contributed by atoms with van der Waals surface area (Å²) in [5.41, 5.74) is 2.93. The van der Waals surface area contributed by atoms with Crippen molar-refractivity contribution in [1.29, 1.82) is 0 Å². The molecular weight excluding hydrogens is 330 g/mol. The van der Waals surface area contributed by atoms with Crippen LogP contribution in [-0.4, -0.2) is 13.0 Å². The second kappa shape index (κ2) is 7.27. The SMILES string of the molecule is COc1ccccc1CCC(=O)Nc1ccc(Br)cc1C. The summed E-state index contributed by atoms with van der Waals surface area (Å²) in [5.74, 6) is 0.830. The van der Waals surface area contributed by atoms with Gasteiger partial charge in [0.05, 0.1) is 7.11 Å². The number of hydrogen-bond acceptors (Lipinski definition) is 2. The third kappa shape index (κ3) is 4.33. The third-order valence-electron chi connectivity index (χ3n) is 3.28. The summed E-state index contributed by atoms with van der Waals surface area (Å²) in [4.78, 5) is 12.1. The summed E-state index contributed by atoms with van der Waals surface area (Å²) in [5, 5.41) is 2.94. The number of hydrogen-bond donors (Lipinski definition) is 1. The van der Waals surface area contributed by atoms with Crippen molar-refractivity contribution in [3.63, 3.8) is 0 Å². The Morgan fingerprint density at radius 3 is 2.71 bits per heavy atom. The highest BCUT2D eigenvalue weighted by atomic mass is 79.9. The molecule has 2 aromatic carbocycles. The van der Waals surface area contributed by atoms with Gasteiger partial charge in [0.25, 0.3) is 0 Å². The van der Waals surface area contributed by atoms with Crippen LogP contribution in [0.3, 0.4) is 0 Å². The zero-order valence-electron chi connectivity index (χ0n) is 12.2. The summed E-state index contributed by atoms with van der Waals surface area (Å²) < 4.78 is 6.30. The van der Waals surface area contributed by atoms with Crippen LogP contribution in [0.15, 0.2) is 46.9 Å². The largest absolute Gasteiger partial charge is 0.496 e. The molecule has 2 aromatic rings. The summed E-state index contributed by atoms with van der Waals surface area (Å²) in [7, 11) is 1.64. The van der Waals surface area contributed by atoms with Crippen molar-refractivity contribution in [3.05, 3.63) is 58.1 Å². The Balaban J connectivity index is 1.96. The van der Waals surface area contributed by atoms with Crippen molar-refractivity contribution in [2.45, 2.75) is 19.8 Å². The van der Waals surface area contributed by atoms with Crippen LogP contribution < -0.4 is 10.1 Å². The van der Waals surface area contributed by atoms with Crippen molar-refractivity contribution >= 4 is 27.5 Å². The third-order valence-corrected chi connectivity index (χ3v) is 3.77. The topological polar surface area (TPSA) is 38.3 Å². The van der Waals surface area contributed by atoms with Crippen molar-refractivity contribution in [3.8, 4) is 5.75 Å². The van der Waals surface area contributed by atoms with Gasteiger partial charge in [-0.25, -0.2) is 0 Å². The Labute approximate surface area is 133 Å². The predicted molar refractivity (Wildman–Crippen MR) is 88.8 cm³/mol. The van der Waals surface area contributed by atoms with Crippen LogP contribution in [0.25, 0.3) is 0 Å². The number of benzene rings is 2. The van der Waals surface area contributed by atoms with Crippen LogP contribution in [0.5, 0.6) is 5.75 Å². The molecule has 1 N–H and O–H groups in total. The van der Waals surface area contributed by atoms with Gasteiger partial charge in [-0.3, -0.25) is 4.79 Å². The Kier molecular flexibility index (Phi) is 5.39. The minimum Gasteiger partial charge on any atom is -0.496 e. The Bertz CT molecular complexity index is 640. The maximum Gasteiger partial charge on any atom is 0.224 e. The fourth-order valence-electron chi connectivity index (χ4n) is 2.14. The van der Waals surface area contributed by atoms with Crippen molar-refractivity contribution in [2.24, 2.45) is 0 Å². The van der Waals surface area contributed by atoms with Gasteiger partial charge in [-0.15, -0.1) is 0 Å². The van der Waals surface area contributed by atoms with Gasteiger partial charge in [0, 0.05) is 16.6 Å². The first-order valence-electron chi connectivity index (χ1n) is 6.78. The van der Waals surface area contributed by atoms with E-state index in [1.165, 1.54) is 0 Å². The van der Waals surface area contributed by atoms with Crippen molar-refractivity contribution < 1.29 is 9.53 Å². The molecule has 0 saturated carbocycles. The van der Waals surface area contributed by atoms with E-state index in [2.05, 4.69) is 21.2 Å². The molecule has 0 aliphatic heterocycles.